The highest BCUT2D eigenvalue weighted by molar-refractivity contribution is 5.84. The van der Waals surface area contributed by atoms with Crippen molar-refractivity contribution in [3.63, 3.8) is 0 Å². The number of carbonyl (C=O) groups excluding carboxylic acids is 1. The molecule has 2 heterocycles. The lowest BCUT2D eigenvalue weighted by Gasteiger charge is -2.14. The number of carbonyl (C=O) groups is 1. The van der Waals surface area contributed by atoms with E-state index in [1.807, 2.05) is 80.1 Å². The summed E-state index contributed by atoms with van der Waals surface area (Å²) in [4.78, 5) is 17.1. The minimum absolute atomic E-state index is 0.0608. The van der Waals surface area contributed by atoms with Gasteiger partial charge in [-0.2, -0.15) is 10.1 Å². The predicted octanol–water partition coefficient (Wildman–Crippen LogP) is 4.55. The number of fused-ring (bicyclic) bond motifs is 1. The molecule has 164 valence electrons. The molecule has 0 saturated heterocycles. The smallest absolute Gasteiger partial charge is 0.258 e. The largest absolute Gasteiger partial charge is 0.468 e. The number of rotatable bonds is 8. The Morgan fingerprint density at radius 1 is 1.06 bits per heavy atom. The van der Waals surface area contributed by atoms with Crippen molar-refractivity contribution in [3.8, 4) is 11.6 Å². The Hall–Kier alpha value is -3.67. The van der Waals surface area contributed by atoms with Gasteiger partial charge in [-0.1, -0.05) is 48.5 Å². The Morgan fingerprint density at radius 2 is 1.75 bits per heavy atom. The van der Waals surface area contributed by atoms with Gasteiger partial charge in [-0.15, -0.1) is 0 Å². The molecule has 6 heteroatoms. The summed E-state index contributed by atoms with van der Waals surface area (Å²) in [6.45, 7) is 5.91. The molecule has 1 N–H and O–H groups in total. The van der Waals surface area contributed by atoms with Gasteiger partial charge < -0.3 is 10.1 Å². The van der Waals surface area contributed by atoms with Crippen molar-refractivity contribution in [2.45, 2.75) is 39.7 Å². The molecule has 4 aromatic rings. The quantitative estimate of drug-likeness (QED) is 0.447. The van der Waals surface area contributed by atoms with Crippen LogP contribution in [-0.4, -0.2) is 33.3 Å². The maximum Gasteiger partial charge on any atom is 0.258 e. The number of hydrogen-bond donors (Lipinski definition) is 1. The normalized spacial score (nSPS) is 12.0. The summed E-state index contributed by atoms with van der Waals surface area (Å²) in [5.41, 5.74) is 4.84. The van der Waals surface area contributed by atoms with Gasteiger partial charge in [0.2, 0.25) is 5.88 Å². The zero-order valence-electron chi connectivity index (χ0n) is 18.7. The standard InChI is InChI=1S/C26H28N4O2/c1-18-16-24(28-26-25(18)20(3)29-30(26)22-12-8-5-9-13-22)32-17-23(31)27-19(2)14-15-21-10-6-4-7-11-21/h4-13,16,19H,14-15,17H2,1-3H3,(H,27,31)/t19-/m0/s1. The molecule has 0 bridgehead atoms. The highest BCUT2D eigenvalue weighted by Crippen LogP contribution is 2.26. The van der Waals surface area contributed by atoms with E-state index >= 15 is 0 Å². The van der Waals surface area contributed by atoms with Crippen molar-refractivity contribution in [2.75, 3.05) is 6.61 Å². The molecule has 0 fully saturated rings. The van der Waals surface area contributed by atoms with E-state index in [9.17, 15) is 4.79 Å². The number of aryl methyl sites for hydroxylation is 3. The summed E-state index contributed by atoms with van der Waals surface area (Å²) >= 11 is 0. The molecule has 2 aromatic carbocycles. The first-order valence-electron chi connectivity index (χ1n) is 10.9. The topological polar surface area (TPSA) is 69.0 Å². The van der Waals surface area contributed by atoms with Crippen LogP contribution in [-0.2, 0) is 11.2 Å². The Morgan fingerprint density at radius 3 is 2.47 bits per heavy atom. The average Bonchev–Trinajstić information content (AvgIpc) is 3.14. The molecule has 0 unspecified atom stereocenters. The molecule has 2 aromatic heterocycles. The van der Waals surface area contributed by atoms with Crippen LogP contribution in [0.2, 0.25) is 0 Å². The number of nitrogens with one attached hydrogen (secondary N) is 1. The summed E-state index contributed by atoms with van der Waals surface area (Å²) in [7, 11) is 0. The van der Waals surface area contributed by atoms with Gasteiger partial charge in [-0.25, -0.2) is 4.68 Å². The van der Waals surface area contributed by atoms with Crippen LogP contribution in [0.5, 0.6) is 5.88 Å². The van der Waals surface area contributed by atoms with Crippen molar-refractivity contribution >= 4 is 16.9 Å². The van der Waals surface area contributed by atoms with Crippen LogP contribution in [0.4, 0.5) is 0 Å². The fraction of sp³-hybridized carbons (Fsp3) is 0.269. The number of nitrogens with zero attached hydrogens (tertiary/aromatic N) is 3. The zero-order valence-corrected chi connectivity index (χ0v) is 18.7. The molecule has 0 aliphatic carbocycles. The third-order valence-corrected chi connectivity index (χ3v) is 5.45. The van der Waals surface area contributed by atoms with E-state index in [0.29, 0.717) is 5.88 Å². The van der Waals surface area contributed by atoms with Gasteiger partial charge in [0, 0.05) is 17.5 Å². The summed E-state index contributed by atoms with van der Waals surface area (Å²) < 4.78 is 7.57. The fourth-order valence-corrected chi connectivity index (χ4v) is 3.85. The minimum Gasteiger partial charge on any atom is -0.468 e. The van der Waals surface area contributed by atoms with E-state index in [-0.39, 0.29) is 18.6 Å². The first kappa shape index (κ1) is 21.6. The number of aromatic nitrogens is 3. The number of amides is 1. The van der Waals surface area contributed by atoms with Crippen LogP contribution >= 0.6 is 0 Å². The van der Waals surface area contributed by atoms with Crippen molar-refractivity contribution < 1.29 is 9.53 Å². The molecule has 1 amide bonds. The van der Waals surface area contributed by atoms with Crippen LogP contribution in [0.15, 0.2) is 66.7 Å². The van der Waals surface area contributed by atoms with Crippen LogP contribution in [0, 0.1) is 13.8 Å². The molecule has 0 aliphatic heterocycles. The fourth-order valence-electron chi connectivity index (χ4n) is 3.85. The second-order valence-corrected chi connectivity index (χ2v) is 8.09. The molecule has 0 aliphatic rings. The highest BCUT2D eigenvalue weighted by atomic mass is 16.5. The van der Waals surface area contributed by atoms with Gasteiger partial charge >= 0.3 is 0 Å². The number of benzene rings is 2. The molecule has 6 nitrogen and oxygen atoms in total. The summed E-state index contributed by atoms with van der Waals surface area (Å²) in [5.74, 6) is 0.261. The SMILES string of the molecule is Cc1cc(OCC(=O)N[C@@H](C)CCc2ccccc2)nc2c1c(C)nn2-c1ccccc1. The van der Waals surface area contributed by atoms with Gasteiger partial charge in [-0.3, -0.25) is 4.79 Å². The van der Waals surface area contributed by atoms with E-state index in [2.05, 4.69) is 27.5 Å². The van der Waals surface area contributed by atoms with Gasteiger partial charge in [0.1, 0.15) is 0 Å². The third kappa shape index (κ3) is 4.97. The predicted molar refractivity (Wildman–Crippen MR) is 126 cm³/mol. The Labute approximate surface area is 188 Å². The summed E-state index contributed by atoms with van der Waals surface area (Å²) in [5, 5.41) is 8.67. The summed E-state index contributed by atoms with van der Waals surface area (Å²) in [6.07, 6.45) is 1.79. The molecule has 0 saturated carbocycles. The van der Waals surface area contributed by atoms with Crippen LogP contribution in [0.25, 0.3) is 16.7 Å². The van der Waals surface area contributed by atoms with Crippen molar-refractivity contribution in [1.29, 1.82) is 0 Å². The van der Waals surface area contributed by atoms with E-state index in [1.165, 1.54) is 5.56 Å². The lowest BCUT2D eigenvalue weighted by atomic mass is 10.1. The van der Waals surface area contributed by atoms with E-state index in [4.69, 9.17) is 4.74 Å². The van der Waals surface area contributed by atoms with Crippen molar-refractivity contribution in [2.24, 2.45) is 0 Å². The number of para-hydroxylation sites is 1. The number of ether oxygens (including phenoxy) is 1. The Kier molecular flexibility index (Phi) is 6.50. The van der Waals surface area contributed by atoms with E-state index < -0.39 is 0 Å². The lowest BCUT2D eigenvalue weighted by Crippen LogP contribution is -2.36. The molecule has 0 spiro atoms. The van der Waals surface area contributed by atoms with Crippen LogP contribution in [0.1, 0.15) is 30.2 Å². The van der Waals surface area contributed by atoms with Crippen LogP contribution < -0.4 is 10.1 Å². The monoisotopic (exact) mass is 428 g/mol. The molecule has 32 heavy (non-hydrogen) atoms. The third-order valence-electron chi connectivity index (χ3n) is 5.45. The van der Waals surface area contributed by atoms with Crippen molar-refractivity contribution in [1.82, 2.24) is 20.1 Å². The number of pyridine rings is 1. The maximum atomic E-state index is 12.4. The van der Waals surface area contributed by atoms with Gasteiger partial charge in [-0.05, 0) is 56.9 Å². The average molecular weight is 429 g/mol. The van der Waals surface area contributed by atoms with E-state index in [1.54, 1.807) is 0 Å². The molecule has 1 atom stereocenters. The van der Waals surface area contributed by atoms with Gasteiger partial charge in [0.15, 0.2) is 12.3 Å². The minimum atomic E-state index is -0.155. The molecular formula is C26H28N4O2. The molecule has 4 rings (SSSR count). The van der Waals surface area contributed by atoms with Crippen molar-refractivity contribution in [3.05, 3.63) is 83.6 Å². The Balaban J connectivity index is 1.41. The molecular weight excluding hydrogens is 400 g/mol. The van der Waals surface area contributed by atoms with E-state index in [0.717, 1.165) is 40.8 Å². The first-order valence-corrected chi connectivity index (χ1v) is 10.9. The van der Waals surface area contributed by atoms with Crippen LogP contribution in [0.3, 0.4) is 0 Å². The second kappa shape index (κ2) is 9.64. The maximum absolute atomic E-state index is 12.4. The Bertz CT molecular complexity index is 1200. The first-order chi connectivity index (χ1) is 15.5. The summed E-state index contributed by atoms with van der Waals surface area (Å²) in [6, 6.07) is 22.1. The highest BCUT2D eigenvalue weighted by Gasteiger charge is 2.16. The molecule has 0 radical (unpaired) electrons. The second-order valence-electron chi connectivity index (χ2n) is 8.09. The number of hydrogen-bond acceptors (Lipinski definition) is 4. The van der Waals surface area contributed by atoms with Gasteiger partial charge in [0.25, 0.3) is 5.91 Å². The lowest BCUT2D eigenvalue weighted by molar-refractivity contribution is -0.123. The zero-order chi connectivity index (χ0) is 22.5. The van der Waals surface area contributed by atoms with Gasteiger partial charge in [0.05, 0.1) is 11.4 Å².